The smallest absolute Gasteiger partial charge is 0.255 e. The van der Waals surface area contributed by atoms with Crippen LogP contribution in [0.15, 0.2) is 59.5 Å². The quantitative estimate of drug-likeness (QED) is 0.748. The number of allylic oxidation sites excluding steroid dienone is 1. The number of hydrogen-bond acceptors (Lipinski definition) is 1. The Hall–Kier alpha value is -2.09. The fourth-order valence-corrected chi connectivity index (χ4v) is 1.58. The van der Waals surface area contributed by atoms with Gasteiger partial charge < -0.3 is 0 Å². The van der Waals surface area contributed by atoms with Crippen molar-refractivity contribution in [2.45, 2.75) is 6.92 Å². The predicted octanol–water partition coefficient (Wildman–Crippen LogP) is 2.87. The lowest BCUT2D eigenvalue weighted by Gasteiger charge is -2.05. The molecule has 2 rings (SSSR count). The molecule has 0 spiro atoms. The van der Waals surface area contributed by atoms with Crippen molar-refractivity contribution < 1.29 is 0 Å². The van der Waals surface area contributed by atoms with E-state index in [1.54, 1.807) is 10.6 Å². The molecule has 1 heterocycles. The molecule has 1 aromatic heterocycles. The Kier molecular flexibility index (Phi) is 3.01. The molecule has 2 heteroatoms. The number of pyridine rings is 1. The molecule has 0 saturated heterocycles. The molecular formula is C14H13NO. The van der Waals surface area contributed by atoms with Gasteiger partial charge >= 0.3 is 0 Å². The van der Waals surface area contributed by atoms with E-state index >= 15 is 0 Å². The number of hydrogen-bond donors (Lipinski definition) is 0. The van der Waals surface area contributed by atoms with E-state index in [0.29, 0.717) is 0 Å². The van der Waals surface area contributed by atoms with E-state index in [1.165, 1.54) is 0 Å². The van der Waals surface area contributed by atoms with Crippen molar-refractivity contribution in [3.05, 3.63) is 70.7 Å². The minimum absolute atomic E-state index is 0.0144. The first kappa shape index (κ1) is 10.4. The average molecular weight is 211 g/mol. The summed E-state index contributed by atoms with van der Waals surface area (Å²) >= 11 is 0. The van der Waals surface area contributed by atoms with Crippen LogP contribution in [-0.2, 0) is 0 Å². The third-order valence-corrected chi connectivity index (χ3v) is 2.33. The Bertz CT molecular complexity index is 552. The van der Waals surface area contributed by atoms with Crippen LogP contribution in [0.5, 0.6) is 0 Å². The average Bonchev–Trinajstić information content (AvgIpc) is 2.33. The van der Waals surface area contributed by atoms with Crippen molar-refractivity contribution in [1.82, 2.24) is 4.57 Å². The molecule has 0 atom stereocenters. The van der Waals surface area contributed by atoms with Crippen LogP contribution in [0, 0.1) is 0 Å². The maximum atomic E-state index is 11.7. The number of para-hydroxylation sites is 1. The van der Waals surface area contributed by atoms with E-state index in [4.69, 9.17) is 0 Å². The second-order valence-electron chi connectivity index (χ2n) is 3.51. The second kappa shape index (κ2) is 4.62. The van der Waals surface area contributed by atoms with Crippen LogP contribution in [0.25, 0.3) is 11.8 Å². The molecule has 80 valence electrons. The first-order valence-electron chi connectivity index (χ1n) is 5.22. The zero-order valence-corrected chi connectivity index (χ0v) is 9.13. The number of benzene rings is 1. The van der Waals surface area contributed by atoms with E-state index in [9.17, 15) is 4.79 Å². The Balaban J connectivity index is 2.56. The fourth-order valence-electron chi connectivity index (χ4n) is 1.58. The van der Waals surface area contributed by atoms with Crippen LogP contribution in [0.1, 0.15) is 12.5 Å². The summed E-state index contributed by atoms with van der Waals surface area (Å²) in [4.78, 5) is 11.7. The van der Waals surface area contributed by atoms with Crippen molar-refractivity contribution in [1.29, 1.82) is 0 Å². The van der Waals surface area contributed by atoms with E-state index in [-0.39, 0.29) is 5.56 Å². The second-order valence-corrected chi connectivity index (χ2v) is 3.51. The van der Waals surface area contributed by atoms with Crippen LogP contribution < -0.4 is 5.56 Å². The molecule has 1 aromatic carbocycles. The molecule has 0 aliphatic heterocycles. The van der Waals surface area contributed by atoms with Crippen LogP contribution in [0.4, 0.5) is 0 Å². The van der Waals surface area contributed by atoms with Gasteiger partial charge in [0.05, 0.1) is 0 Å². The van der Waals surface area contributed by atoms with Crippen LogP contribution in [0.3, 0.4) is 0 Å². The first-order valence-corrected chi connectivity index (χ1v) is 5.22. The number of aromatic nitrogens is 1. The molecule has 16 heavy (non-hydrogen) atoms. The summed E-state index contributed by atoms with van der Waals surface area (Å²) in [5, 5.41) is 0. The molecule has 2 nitrogen and oxygen atoms in total. The van der Waals surface area contributed by atoms with Crippen molar-refractivity contribution in [3.8, 4) is 5.69 Å². The zero-order valence-electron chi connectivity index (χ0n) is 9.13. The first-order chi connectivity index (χ1) is 7.81. The lowest BCUT2D eigenvalue weighted by molar-refractivity contribution is 0.987. The van der Waals surface area contributed by atoms with Gasteiger partial charge in [-0.1, -0.05) is 30.4 Å². The Morgan fingerprint density at radius 2 is 1.81 bits per heavy atom. The number of nitrogens with zero attached hydrogens (tertiary/aromatic N) is 1. The van der Waals surface area contributed by atoms with E-state index in [1.807, 2.05) is 61.7 Å². The van der Waals surface area contributed by atoms with Crippen LogP contribution >= 0.6 is 0 Å². The maximum Gasteiger partial charge on any atom is 0.255 e. The van der Waals surface area contributed by atoms with Crippen molar-refractivity contribution >= 4 is 6.08 Å². The molecule has 2 aromatic rings. The highest BCUT2D eigenvalue weighted by Gasteiger charge is 1.98. The topological polar surface area (TPSA) is 22.0 Å². The summed E-state index contributed by atoms with van der Waals surface area (Å²) in [6, 6.07) is 13.0. The maximum absolute atomic E-state index is 11.7. The van der Waals surface area contributed by atoms with E-state index < -0.39 is 0 Å². The molecular weight excluding hydrogens is 198 g/mol. The van der Waals surface area contributed by atoms with Gasteiger partial charge in [-0.15, -0.1) is 0 Å². The fraction of sp³-hybridized carbons (Fsp3) is 0.0714. The molecule has 0 bridgehead atoms. The summed E-state index contributed by atoms with van der Waals surface area (Å²) in [6.45, 7) is 1.96. The van der Waals surface area contributed by atoms with E-state index in [0.717, 1.165) is 11.3 Å². The Morgan fingerprint density at radius 3 is 2.50 bits per heavy atom. The summed E-state index contributed by atoms with van der Waals surface area (Å²) < 4.78 is 1.65. The molecule has 0 fully saturated rings. The monoisotopic (exact) mass is 211 g/mol. The van der Waals surface area contributed by atoms with Gasteiger partial charge in [-0.05, 0) is 30.7 Å². The largest absolute Gasteiger partial charge is 0.284 e. The van der Waals surface area contributed by atoms with Crippen molar-refractivity contribution in [2.24, 2.45) is 0 Å². The third-order valence-electron chi connectivity index (χ3n) is 2.33. The predicted molar refractivity (Wildman–Crippen MR) is 66.7 cm³/mol. The number of rotatable bonds is 2. The molecule has 0 N–H and O–H groups in total. The van der Waals surface area contributed by atoms with Gasteiger partial charge in [-0.25, -0.2) is 0 Å². The lowest BCUT2D eigenvalue weighted by atomic mass is 10.2. The van der Waals surface area contributed by atoms with E-state index in [2.05, 4.69) is 0 Å². The molecule has 0 amide bonds. The van der Waals surface area contributed by atoms with Gasteiger partial charge in [0.1, 0.15) is 0 Å². The van der Waals surface area contributed by atoms with Gasteiger partial charge in [-0.3, -0.25) is 9.36 Å². The van der Waals surface area contributed by atoms with Crippen molar-refractivity contribution in [3.63, 3.8) is 0 Å². The minimum atomic E-state index is -0.0144. The molecule has 0 radical (unpaired) electrons. The van der Waals surface area contributed by atoms with Gasteiger partial charge in [0, 0.05) is 18.0 Å². The van der Waals surface area contributed by atoms with Crippen molar-refractivity contribution in [2.75, 3.05) is 0 Å². The highest BCUT2D eigenvalue weighted by Crippen LogP contribution is 2.06. The zero-order chi connectivity index (χ0) is 11.4. The molecule has 0 aliphatic rings. The van der Waals surface area contributed by atoms with Gasteiger partial charge in [0.15, 0.2) is 0 Å². The SMILES string of the molecule is C/C=C/c1ccc(=O)n(-c2ccccc2)c1. The highest BCUT2D eigenvalue weighted by molar-refractivity contribution is 5.48. The highest BCUT2D eigenvalue weighted by atomic mass is 16.1. The molecule has 0 aliphatic carbocycles. The Morgan fingerprint density at radius 1 is 1.06 bits per heavy atom. The summed E-state index contributed by atoms with van der Waals surface area (Å²) in [6.07, 6.45) is 5.77. The normalized spacial score (nSPS) is 10.8. The molecule has 0 saturated carbocycles. The standard InChI is InChI=1S/C14H13NO/c1-2-6-12-9-10-14(16)15(11-12)13-7-4-3-5-8-13/h2-11H,1H3/b6-2+. The molecule has 0 unspecified atom stereocenters. The Labute approximate surface area is 94.5 Å². The van der Waals surface area contributed by atoms with Gasteiger partial charge in [0.25, 0.3) is 5.56 Å². The van der Waals surface area contributed by atoms with Gasteiger partial charge in [0.2, 0.25) is 0 Å². The van der Waals surface area contributed by atoms with Crippen LogP contribution in [0.2, 0.25) is 0 Å². The minimum Gasteiger partial charge on any atom is -0.284 e. The summed E-state index contributed by atoms with van der Waals surface area (Å²) in [5.74, 6) is 0. The summed E-state index contributed by atoms with van der Waals surface area (Å²) in [5.41, 5.74) is 1.89. The lowest BCUT2D eigenvalue weighted by Crippen LogP contribution is -2.16. The third kappa shape index (κ3) is 2.11. The van der Waals surface area contributed by atoms with Gasteiger partial charge in [-0.2, -0.15) is 0 Å². The summed E-state index contributed by atoms with van der Waals surface area (Å²) in [7, 11) is 0. The van der Waals surface area contributed by atoms with Crippen LogP contribution in [-0.4, -0.2) is 4.57 Å².